The maximum Gasteiger partial charge on any atom is 0.416 e. The zero-order valence-electron chi connectivity index (χ0n) is 22.5. The van der Waals surface area contributed by atoms with Crippen molar-refractivity contribution in [3.63, 3.8) is 0 Å². The second-order valence-corrected chi connectivity index (χ2v) is 10.9. The van der Waals surface area contributed by atoms with Gasteiger partial charge in [-0.2, -0.15) is 26.3 Å². The number of nitrogens with zero attached hydrogens (tertiary/aromatic N) is 2. The third-order valence-corrected chi connectivity index (χ3v) is 7.92. The lowest BCUT2D eigenvalue weighted by atomic mass is 9.93. The van der Waals surface area contributed by atoms with Gasteiger partial charge in [0.1, 0.15) is 0 Å². The van der Waals surface area contributed by atoms with Crippen molar-refractivity contribution in [2.75, 3.05) is 22.9 Å². The van der Waals surface area contributed by atoms with E-state index in [1.165, 1.54) is 6.07 Å². The van der Waals surface area contributed by atoms with Gasteiger partial charge in [0.25, 0.3) is 11.8 Å². The van der Waals surface area contributed by atoms with Crippen LogP contribution in [0.5, 0.6) is 0 Å². The van der Waals surface area contributed by atoms with E-state index in [2.05, 4.69) is 15.6 Å². The third kappa shape index (κ3) is 6.71. The number of allylic oxidation sites excluding steroid dienone is 1. The van der Waals surface area contributed by atoms with E-state index in [0.29, 0.717) is 41.2 Å². The van der Waals surface area contributed by atoms with Gasteiger partial charge in [0, 0.05) is 29.2 Å². The number of hydrogen-bond acceptors (Lipinski definition) is 5. The van der Waals surface area contributed by atoms with Gasteiger partial charge >= 0.3 is 12.4 Å². The highest BCUT2D eigenvalue weighted by atomic mass is 32.2. The molecule has 1 fully saturated rings. The summed E-state index contributed by atoms with van der Waals surface area (Å²) in [5, 5.41) is 6.03. The Balaban J connectivity index is 1.49. The summed E-state index contributed by atoms with van der Waals surface area (Å²) < 4.78 is 80.0. The molecule has 0 unspecified atom stereocenters. The summed E-state index contributed by atoms with van der Waals surface area (Å²) in [6.07, 6.45) is -9.37. The smallest absolute Gasteiger partial charge is 0.340 e. The van der Waals surface area contributed by atoms with Crippen LogP contribution in [0.15, 0.2) is 89.1 Å². The molecule has 13 heteroatoms. The molecule has 0 spiro atoms. The SMILES string of the molecule is CC1=C(C(=O)Nc2ccccc2)[C@H](c2cccc(NC(=O)c3cc(C(F)(F)F)cc(C(F)(F)F)c3)c2)N2CCCSC2=N1. The summed E-state index contributed by atoms with van der Waals surface area (Å²) in [7, 11) is 0. The predicted octanol–water partition coefficient (Wildman–Crippen LogP) is 7.74. The molecule has 0 bridgehead atoms. The molecule has 43 heavy (non-hydrogen) atoms. The minimum absolute atomic E-state index is 0.0348. The van der Waals surface area contributed by atoms with Crippen molar-refractivity contribution in [1.82, 2.24) is 4.90 Å². The van der Waals surface area contributed by atoms with Crippen molar-refractivity contribution in [2.45, 2.75) is 31.7 Å². The number of nitrogens with one attached hydrogen (secondary N) is 2. The van der Waals surface area contributed by atoms with Crippen LogP contribution < -0.4 is 10.6 Å². The number of benzene rings is 3. The summed E-state index contributed by atoms with van der Waals surface area (Å²) in [6.45, 7) is 2.32. The van der Waals surface area contributed by atoms with E-state index in [-0.39, 0.29) is 17.7 Å². The van der Waals surface area contributed by atoms with E-state index in [1.54, 1.807) is 61.2 Å². The zero-order chi connectivity index (χ0) is 30.9. The first-order chi connectivity index (χ1) is 20.3. The molecule has 2 heterocycles. The van der Waals surface area contributed by atoms with Crippen molar-refractivity contribution >= 4 is 40.1 Å². The summed E-state index contributed by atoms with van der Waals surface area (Å²) in [6, 6.07) is 15.3. The van der Waals surface area contributed by atoms with Gasteiger partial charge in [-0.15, -0.1) is 0 Å². The molecular weight excluding hydrogens is 594 g/mol. The molecule has 0 aliphatic carbocycles. The number of thioether (sulfide) groups is 1. The molecule has 5 rings (SSSR count). The van der Waals surface area contributed by atoms with Crippen LogP contribution >= 0.6 is 11.8 Å². The maximum absolute atomic E-state index is 13.6. The van der Waals surface area contributed by atoms with Gasteiger partial charge in [-0.05, 0) is 61.4 Å². The number of carbonyl (C=O) groups excluding carboxylic acids is 2. The van der Waals surface area contributed by atoms with Gasteiger partial charge in [0.2, 0.25) is 0 Å². The van der Waals surface area contributed by atoms with Gasteiger partial charge in [0.05, 0.1) is 28.4 Å². The minimum Gasteiger partial charge on any atom is -0.340 e. The molecule has 2 amide bonds. The summed E-state index contributed by atoms with van der Waals surface area (Å²) in [5.74, 6) is -0.694. The summed E-state index contributed by atoms with van der Waals surface area (Å²) in [5.41, 5.74) is -1.84. The molecule has 0 radical (unpaired) electrons. The van der Waals surface area contributed by atoms with E-state index in [4.69, 9.17) is 0 Å². The Morgan fingerprint density at radius 2 is 1.47 bits per heavy atom. The largest absolute Gasteiger partial charge is 0.416 e. The zero-order valence-corrected chi connectivity index (χ0v) is 23.3. The minimum atomic E-state index is -5.09. The lowest BCUT2D eigenvalue weighted by Gasteiger charge is -2.41. The van der Waals surface area contributed by atoms with Crippen LogP contribution in [-0.4, -0.2) is 34.2 Å². The number of amides is 2. The first-order valence-corrected chi connectivity index (χ1v) is 14.1. The molecule has 2 aliphatic rings. The Morgan fingerprint density at radius 1 is 0.837 bits per heavy atom. The Labute approximate surface area is 246 Å². The summed E-state index contributed by atoms with van der Waals surface area (Å²) in [4.78, 5) is 33.2. The highest BCUT2D eigenvalue weighted by Crippen LogP contribution is 2.41. The average Bonchev–Trinajstić information content (AvgIpc) is 2.96. The monoisotopic (exact) mass is 618 g/mol. The Bertz CT molecular complexity index is 1590. The molecule has 1 saturated heterocycles. The number of amidine groups is 1. The first-order valence-electron chi connectivity index (χ1n) is 13.1. The molecule has 3 aromatic rings. The van der Waals surface area contributed by atoms with Gasteiger partial charge in [-0.1, -0.05) is 42.1 Å². The van der Waals surface area contributed by atoms with Gasteiger partial charge in [-0.3, -0.25) is 9.59 Å². The number of rotatable bonds is 5. The maximum atomic E-state index is 13.6. The quantitative estimate of drug-likeness (QED) is 0.287. The van der Waals surface area contributed by atoms with E-state index in [1.807, 2.05) is 11.0 Å². The lowest BCUT2D eigenvalue weighted by Crippen LogP contribution is -2.43. The number of aliphatic imine (C=N–C) groups is 1. The second-order valence-electron chi connectivity index (χ2n) is 9.89. The lowest BCUT2D eigenvalue weighted by molar-refractivity contribution is -0.143. The molecule has 0 saturated carbocycles. The molecule has 3 aromatic carbocycles. The number of halogens is 6. The van der Waals surface area contributed by atoms with Crippen LogP contribution in [0.4, 0.5) is 37.7 Å². The van der Waals surface area contributed by atoms with Gasteiger partial charge in [-0.25, -0.2) is 4.99 Å². The van der Waals surface area contributed by atoms with E-state index < -0.39 is 41.0 Å². The van der Waals surface area contributed by atoms with Crippen LogP contribution in [0.25, 0.3) is 0 Å². The molecule has 2 N–H and O–H groups in total. The highest BCUT2D eigenvalue weighted by Gasteiger charge is 2.39. The molecule has 6 nitrogen and oxygen atoms in total. The van der Waals surface area contributed by atoms with Gasteiger partial charge < -0.3 is 15.5 Å². The number of hydrogen-bond donors (Lipinski definition) is 2. The normalized spacial score (nSPS) is 17.2. The number of anilines is 2. The van der Waals surface area contributed by atoms with E-state index in [9.17, 15) is 35.9 Å². The van der Waals surface area contributed by atoms with Crippen LogP contribution in [0.1, 0.15) is 46.4 Å². The number of alkyl halides is 6. The van der Waals surface area contributed by atoms with Crippen LogP contribution in [0.2, 0.25) is 0 Å². The number of para-hydroxylation sites is 1. The molecule has 2 aliphatic heterocycles. The standard InChI is InChI=1S/C30H24F6N4O2S/c1-17-24(27(42)38-22-8-3-2-4-9-22)25(40-11-6-12-43-28(40)37-17)18-7-5-10-23(15-18)39-26(41)19-13-20(29(31,32)33)16-21(14-19)30(34,35)36/h2-5,7-10,13-16,25H,6,11-12H2,1H3,(H,38,42)(H,39,41)/t25-/m0/s1. The van der Waals surface area contributed by atoms with Crippen molar-refractivity contribution in [3.05, 3.63) is 106 Å². The Morgan fingerprint density at radius 3 is 2.12 bits per heavy atom. The highest BCUT2D eigenvalue weighted by molar-refractivity contribution is 8.13. The topological polar surface area (TPSA) is 73.8 Å². The van der Waals surface area contributed by atoms with Crippen molar-refractivity contribution in [1.29, 1.82) is 0 Å². The first kappa shape index (κ1) is 30.2. The van der Waals surface area contributed by atoms with Crippen molar-refractivity contribution < 1.29 is 35.9 Å². The Kier molecular flexibility index (Phi) is 8.28. The fourth-order valence-corrected chi connectivity index (χ4v) is 5.92. The third-order valence-electron chi connectivity index (χ3n) is 6.84. The fourth-order valence-electron chi connectivity index (χ4n) is 4.90. The van der Waals surface area contributed by atoms with Gasteiger partial charge in [0.15, 0.2) is 5.17 Å². The van der Waals surface area contributed by atoms with Crippen LogP contribution in [-0.2, 0) is 17.1 Å². The van der Waals surface area contributed by atoms with E-state index in [0.717, 1.165) is 17.3 Å². The van der Waals surface area contributed by atoms with Crippen LogP contribution in [0, 0.1) is 0 Å². The molecule has 0 aromatic heterocycles. The molecule has 224 valence electrons. The molecular formula is C30H24F6N4O2S. The van der Waals surface area contributed by atoms with Crippen LogP contribution in [0.3, 0.4) is 0 Å². The number of fused-ring (bicyclic) bond motifs is 1. The predicted molar refractivity (Wildman–Crippen MR) is 153 cm³/mol. The van der Waals surface area contributed by atoms with E-state index >= 15 is 0 Å². The fraction of sp³-hybridized carbons (Fsp3) is 0.233. The second kappa shape index (κ2) is 11.8. The average molecular weight is 619 g/mol. The number of carbonyl (C=O) groups is 2. The summed E-state index contributed by atoms with van der Waals surface area (Å²) >= 11 is 1.54. The Hall–Kier alpha value is -4.26. The van der Waals surface area contributed by atoms with Crippen molar-refractivity contribution in [2.24, 2.45) is 4.99 Å². The van der Waals surface area contributed by atoms with Crippen molar-refractivity contribution in [3.8, 4) is 0 Å². The molecule has 1 atom stereocenters.